The molecule has 2 aromatic rings. The van der Waals surface area contributed by atoms with E-state index in [0.717, 1.165) is 17.5 Å². The third kappa shape index (κ3) is 2.99. The molecule has 21 heavy (non-hydrogen) atoms. The maximum absolute atomic E-state index is 13.8. The molecule has 0 radical (unpaired) electrons. The van der Waals surface area contributed by atoms with Gasteiger partial charge in [0.05, 0.1) is 0 Å². The van der Waals surface area contributed by atoms with Gasteiger partial charge in [-0.2, -0.15) is 0 Å². The van der Waals surface area contributed by atoms with Crippen molar-refractivity contribution in [3.05, 3.63) is 59.7 Å². The van der Waals surface area contributed by atoms with Crippen LogP contribution in [0.2, 0.25) is 0 Å². The van der Waals surface area contributed by atoms with E-state index in [2.05, 4.69) is 19.1 Å². The number of halogens is 2. The molecule has 0 saturated heterocycles. The van der Waals surface area contributed by atoms with Gasteiger partial charge >= 0.3 is 0 Å². The first-order valence-corrected chi connectivity index (χ1v) is 7.69. The van der Waals surface area contributed by atoms with E-state index >= 15 is 0 Å². The van der Waals surface area contributed by atoms with E-state index in [4.69, 9.17) is 0 Å². The van der Waals surface area contributed by atoms with E-state index in [1.807, 2.05) is 12.1 Å². The fourth-order valence-electron chi connectivity index (χ4n) is 3.26. The minimum Gasteiger partial charge on any atom is -0.204 e. The average Bonchev–Trinajstić information content (AvgIpc) is 2.51. The standard InChI is InChI=1S/C19H20F2/c1-13-5-7-14(8-6-13)15-9-11-16(12-10-15)17-3-2-4-18(20)19(17)21/h2-4,9-14H,5-8H2,1H3. The summed E-state index contributed by atoms with van der Waals surface area (Å²) in [5.74, 6) is -0.107. The van der Waals surface area contributed by atoms with Crippen LogP contribution in [-0.2, 0) is 0 Å². The predicted octanol–water partition coefficient (Wildman–Crippen LogP) is 5.93. The van der Waals surface area contributed by atoms with Crippen molar-refractivity contribution in [2.75, 3.05) is 0 Å². The van der Waals surface area contributed by atoms with Crippen LogP contribution in [0.4, 0.5) is 8.78 Å². The van der Waals surface area contributed by atoms with Gasteiger partial charge in [0.1, 0.15) is 0 Å². The molecule has 1 aliphatic rings. The van der Waals surface area contributed by atoms with E-state index in [-0.39, 0.29) is 0 Å². The summed E-state index contributed by atoms with van der Waals surface area (Å²) in [4.78, 5) is 0. The fourth-order valence-corrected chi connectivity index (χ4v) is 3.26. The maximum Gasteiger partial charge on any atom is 0.166 e. The SMILES string of the molecule is CC1CCC(c2ccc(-c3cccc(F)c3F)cc2)CC1. The van der Waals surface area contributed by atoms with Crippen LogP contribution in [0.15, 0.2) is 42.5 Å². The molecule has 2 heteroatoms. The predicted molar refractivity (Wildman–Crippen MR) is 82.2 cm³/mol. The second-order valence-corrected chi connectivity index (χ2v) is 6.18. The molecule has 2 aromatic carbocycles. The quantitative estimate of drug-likeness (QED) is 0.642. The van der Waals surface area contributed by atoms with Crippen LogP contribution < -0.4 is 0 Å². The highest BCUT2D eigenvalue weighted by molar-refractivity contribution is 5.64. The first-order valence-electron chi connectivity index (χ1n) is 7.69. The van der Waals surface area contributed by atoms with Crippen molar-refractivity contribution in [2.45, 2.75) is 38.5 Å². The molecule has 0 nitrogen and oxygen atoms in total. The molecular weight excluding hydrogens is 266 g/mol. The number of hydrogen-bond acceptors (Lipinski definition) is 0. The lowest BCUT2D eigenvalue weighted by Crippen LogP contribution is -2.10. The van der Waals surface area contributed by atoms with Gasteiger partial charge in [0.25, 0.3) is 0 Å². The molecule has 1 fully saturated rings. The molecule has 0 spiro atoms. The molecule has 0 atom stereocenters. The molecule has 3 rings (SSSR count). The first kappa shape index (κ1) is 14.2. The lowest BCUT2D eigenvalue weighted by molar-refractivity contribution is 0.348. The van der Waals surface area contributed by atoms with Gasteiger partial charge in [-0.25, -0.2) is 8.78 Å². The third-order valence-electron chi connectivity index (χ3n) is 4.66. The molecule has 110 valence electrons. The molecule has 0 N–H and O–H groups in total. The second kappa shape index (κ2) is 5.97. The van der Waals surface area contributed by atoms with Gasteiger partial charge in [-0.05, 0) is 41.9 Å². The Balaban J connectivity index is 1.82. The van der Waals surface area contributed by atoms with Crippen molar-refractivity contribution >= 4 is 0 Å². The molecule has 0 amide bonds. The molecule has 1 aliphatic carbocycles. The van der Waals surface area contributed by atoms with Gasteiger partial charge < -0.3 is 0 Å². The summed E-state index contributed by atoms with van der Waals surface area (Å²) < 4.78 is 27.1. The smallest absolute Gasteiger partial charge is 0.166 e. The summed E-state index contributed by atoms with van der Waals surface area (Å²) in [7, 11) is 0. The molecule has 0 aromatic heterocycles. The lowest BCUT2D eigenvalue weighted by atomic mass is 9.79. The van der Waals surface area contributed by atoms with Gasteiger partial charge in [-0.3, -0.25) is 0 Å². The van der Waals surface area contributed by atoms with Gasteiger partial charge in [-0.15, -0.1) is 0 Å². The summed E-state index contributed by atoms with van der Waals surface area (Å²) in [6.45, 7) is 2.31. The Morgan fingerprint density at radius 2 is 1.52 bits per heavy atom. The van der Waals surface area contributed by atoms with Gasteiger partial charge in [-0.1, -0.05) is 56.2 Å². The van der Waals surface area contributed by atoms with Crippen molar-refractivity contribution < 1.29 is 8.78 Å². The van der Waals surface area contributed by atoms with Crippen LogP contribution in [0.1, 0.15) is 44.1 Å². The van der Waals surface area contributed by atoms with Crippen molar-refractivity contribution in [3.8, 4) is 11.1 Å². The number of hydrogen-bond donors (Lipinski definition) is 0. The fraction of sp³-hybridized carbons (Fsp3) is 0.368. The Morgan fingerprint density at radius 3 is 2.19 bits per heavy atom. The summed E-state index contributed by atoms with van der Waals surface area (Å²) in [5.41, 5.74) is 2.39. The minimum atomic E-state index is -0.794. The van der Waals surface area contributed by atoms with Crippen LogP contribution >= 0.6 is 0 Å². The largest absolute Gasteiger partial charge is 0.204 e. The highest BCUT2D eigenvalue weighted by Crippen LogP contribution is 2.36. The van der Waals surface area contributed by atoms with Gasteiger partial charge in [0.2, 0.25) is 0 Å². The van der Waals surface area contributed by atoms with E-state index in [9.17, 15) is 8.78 Å². The van der Waals surface area contributed by atoms with E-state index in [1.165, 1.54) is 31.2 Å². The topological polar surface area (TPSA) is 0 Å². The Labute approximate surface area is 124 Å². The molecule has 1 saturated carbocycles. The van der Waals surface area contributed by atoms with E-state index in [0.29, 0.717) is 11.5 Å². The van der Waals surface area contributed by atoms with Crippen LogP contribution in [0.3, 0.4) is 0 Å². The lowest BCUT2D eigenvalue weighted by Gasteiger charge is -2.26. The summed E-state index contributed by atoms with van der Waals surface area (Å²) in [6.07, 6.45) is 5.03. The van der Waals surface area contributed by atoms with Crippen molar-refractivity contribution in [2.24, 2.45) is 5.92 Å². The van der Waals surface area contributed by atoms with E-state index < -0.39 is 11.6 Å². The van der Waals surface area contributed by atoms with Crippen molar-refractivity contribution in [1.29, 1.82) is 0 Å². The van der Waals surface area contributed by atoms with Gasteiger partial charge in [0, 0.05) is 5.56 Å². The van der Waals surface area contributed by atoms with Crippen molar-refractivity contribution in [1.82, 2.24) is 0 Å². The first-order chi connectivity index (χ1) is 10.1. The van der Waals surface area contributed by atoms with E-state index in [1.54, 1.807) is 12.1 Å². The van der Waals surface area contributed by atoms with Crippen LogP contribution in [0.5, 0.6) is 0 Å². The zero-order valence-electron chi connectivity index (χ0n) is 12.3. The molecular formula is C19H20F2. The molecule has 0 unspecified atom stereocenters. The average molecular weight is 286 g/mol. The highest BCUT2D eigenvalue weighted by Gasteiger charge is 2.19. The Bertz CT molecular complexity index is 608. The second-order valence-electron chi connectivity index (χ2n) is 6.18. The Hall–Kier alpha value is -1.70. The van der Waals surface area contributed by atoms with Crippen LogP contribution in [0, 0.1) is 17.6 Å². The van der Waals surface area contributed by atoms with Crippen LogP contribution in [-0.4, -0.2) is 0 Å². The monoisotopic (exact) mass is 286 g/mol. The van der Waals surface area contributed by atoms with Crippen molar-refractivity contribution in [3.63, 3.8) is 0 Å². The number of rotatable bonds is 2. The van der Waals surface area contributed by atoms with Crippen LogP contribution in [0.25, 0.3) is 11.1 Å². The molecule has 0 heterocycles. The normalized spacial score (nSPS) is 22.2. The number of benzene rings is 2. The Kier molecular flexibility index (Phi) is 4.05. The van der Waals surface area contributed by atoms with Gasteiger partial charge in [0.15, 0.2) is 11.6 Å². The zero-order valence-corrected chi connectivity index (χ0v) is 12.3. The highest BCUT2D eigenvalue weighted by atomic mass is 19.2. The third-order valence-corrected chi connectivity index (χ3v) is 4.66. The molecule has 0 aliphatic heterocycles. The zero-order chi connectivity index (χ0) is 14.8. The molecule has 0 bridgehead atoms. The minimum absolute atomic E-state index is 0.332. The summed E-state index contributed by atoms with van der Waals surface area (Å²) in [6, 6.07) is 12.3. The maximum atomic E-state index is 13.8. The summed E-state index contributed by atoms with van der Waals surface area (Å²) in [5, 5.41) is 0. The summed E-state index contributed by atoms with van der Waals surface area (Å²) >= 11 is 0. The Morgan fingerprint density at radius 1 is 0.857 bits per heavy atom.